The van der Waals surface area contributed by atoms with E-state index < -0.39 is 0 Å². The molecule has 0 fully saturated rings. The average molecular weight is 738 g/mol. The highest BCUT2D eigenvalue weighted by Crippen LogP contribution is 2.38. The van der Waals surface area contributed by atoms with Gasteiger partial charge in [0.2, 0.25) is 5.89 Å². The molecule has 0 unspecified atom stereocenters. The molecule has 0 aliphatic heterocycles. The third-order valence-corrected chi connectivity index (χ3v) is 11.6. The number of aromatic nitrogens is 1. The van der Waals surface area contributed by atoms with E-state index in [1.54, 1.807) is 0 Å². The fourth-order valence-electron chi connectivity index (χ4n) is 8.18. The molecule has 0 atom stereocenters. The molecule has 1 aromatic heterocycles. The molecule has 0 aliphatic carbocycles. The van der Waals surface area contributed by atoms with Crippen molar-refractivity contribution >= 4 is 367 Å². The fraction of sp³-hybridized carbons (Fsp3) is 0. The Kier molecular flexibility index (Phi) is 11.3. The Bertz CT molecular complexity index is 3400. The van der Waals surface area contributed by atoms with Gasteiger partial charge >= 0.3 is 0 Å². The Morgan fingerprint density at radius 2 is 0.651 bits per heavy atom. The van der Waals surface area contributed by atoms with Gasteiger partial charge < -0.3 is 9.32 Å². The lowest BCUT2D eigenvalue weighted by Gasteiger charge is -2.39. The van der Waals surface area contributed by atoms with Crippen LogP contribution in [0.1, 0.15) is 0 Å². The third-order valence-electron chi connectivity index (χ3n) is 11.6. The van der Waals surface area contributed by atoms with Crippen molar-refractivity contribution in [2.45, 2.75) is 0 Å². The quantitative estimate of drug-likeness (QED) is 0.133. The molecule has 1 heterocycles. The van der Waals surface area contributed by atoms with E-state index >= 15 is 0 Å². The lowest BCUT2D eigenvalue weighted by atomic mass is 9.60. The van der Waals surface area contributed by atoms with Crippen LogP contribution in [0.25, 0.3) is 54.9 Å². The van der Waals surface area contributed by atoms with Gasteiger partial charge in [0.15, 0.2) is 5.58 Å². The van der Waals surface area contributed by atoms with Gasteiger partial charge in [0.05, 0.1) is 0 Å². The van der Waals surface area contributed by atoms with Crippen molar-refractivity contribution in [1.82, 2.24) is 4.98 Å². The molecule has 0 N–H and O–H groups in total. The number of hydrogen-bond donors (Lipinski definition) is 0. The summed E-state index contributed by atoms with van der Waals surface area (Å²) in [5.74, 6) is -0.223. The minimum absolute atomic E-state index is 0.00336. The predicted molar refractivity (Wildman–Crippen MR) is 291 cm³/mol. The molecule has 3 nitrogen and oxygen atoms in total. The molecule has 46 radical (unpaired) electrons. The summed E-state index contributed by atoms with van der Waals surface area (Å²) >= 11 is 0. The zero-order chi connectivity index (χ0) is 46.5. The van der Waals surface area contributed by atoms with Crippen LogP contribution >= 0.6 is 0 Å². The first-order valence-electron chi connectivity index (χ1n) is 18.2. The monoisotopic (exact) mass is 742 g/mol. The van der Waals surface area contributed by atoms with Crippen LogP contribution in [0, 0.1) is 0 Å². The average Bonchev–Trinajstić information content (AvgIpc) is 3.68. The molecule has 0 aliphatic rings. The van der Waals surface area contributed by atoms with Crippen molar-refractivity contribution in [3.8, 4) is 11.5 Å². The van der Waals surface area contributed by atoms with E-state index in [9.17, 15) is 0 Å². The van der Waals surface area contributed by atoms with Gasteiger partial charge in [-0.05, 0) is 21.5 Å². The minimum Gasteiger partial charge on any atom is -0.435 e. The molecule has 0 bridgehead atoms. The van der Waals surface area contributed by atoms with E-state index in [-0.39, 0.29) is 198 Å². The van der Waals surface area contributed by atoms with Crippen molar-refractivity contribution in [2.75, 3.05) is 4.90 Å². The second kappa shape index (κ2) is 15.6. The van der Waals surface area contributed by atoms with Crippen LogP contribution in [0.3, 0.4) is 0 Å². The maximum absolute atomic E-state index is 7.38. The highest BCUT2D eigenvalue weighted by atomic mass is 16.3. The van der Waals surface area contributed by atoms with Gasteiger partial charge in [-0.1, -0.05) is 77.1 Å². The van der Waals surface area contributed by atoms with Crippen LogP contribution in [-0.2, 0) is 0 Å². The molecule has 0 saturated carbocycles. The third kappa shape index (κ3) is 6.17. The first kappa shape index (κ1) is 45.6. The van der Waals surface area contributed by atoms with Gasteiger partial charge in [0.1, 0.15) is 186 Å². The normalized spacial score (nSPS) is 11.7. The molecule has 26 heteroatoms. The number of fused-ring (bicyclic) bond motifs is 8. The summed E-state index contributed by atoms with van der Waals surface area (Å²) in [5.41, 5.74) is -3.38. The van der Waals surface area contributed by atoms with Gasteiger partial charge in [-0.25, -0.2) is 4.98 Å². The Balaban J connectivity index is 1.71. The van der Waals surface area contributed by atoms with E-state index in [0.717, 1.165) is 0 Å². The van der Waals surface area contributed by atoms with Crippen LogP contribution in [0.2, 0.25) is 0 Å². The van der Waals surface area contributed by atoms with Gasteiger partial charge in [0.25, 0.3) is 0 Å². The summed E-state index contributed by atoms with van der Waals surface area (Å²) in [6, 6.07) is 1.33. The summed E-state index contributed by atoms with van der Waals surface area (Å²) in [4.78, 5) is 6.16. The molecule has 8 aromatic rings. The minimum atomic E-state index is -0.237. The second-order valence-electron chi connectivity index (χ2n) is 14.9. The molecular formula is C37HB23N2O. The lowest BCUT2D eigenvalue weighted by molar-refractivity contribution is 0.624. The van der Waals surface area contributed by atoms with Crippen LogP contribution in [-0.4, -0.2) is 185 Å². The van der Waals surface area contributed by atoms with E-state index in [1.807, 2.05) is 0 Å². The van der Waals surface area contributed by atoms with E-state index in [4.69, 9.17) is 190 Å². The van der Waals surface area contributed by atoms with Crippen LogP contribution in [0.15, 0.2) is 10.5 Å². The Morgan fingerprint density at radius 3 is 1.19 bits per heavy atom. The van der Waals surface area contributed by atoms with Crippen LogP contribution < -0.4 is 131 Å². The largest absolute Gasteiger partial charge is 0.435 e. The Labute approximate surface area is 396 Å². The van der Waals surface area contributed by atoms with E-state index in [1.165, 1.54) is 11.0 Å². The van der Waals surface area contributed by atoms with E-state index in [0.29, 0.717) is 0 Å². The summed E-state index contributed by atoms with van der Waals surface area (Å²) in [6.45, 7) is 0. The maximum atomic E-state index is 7.38. The summed E-state index contributed by atoms with van der Waals surface area (Å²) < 4.78 is 6.51. The topological polar surface area (TPSA) is 29.3 Å². The molecule has 0 amide bonds. The molecular weight excluding hydrogens is 737 g/mol. The smallest absolute Gasteiger partial charge is 0.226 e. The summed E-state index contributed by atoms with van der Waals surface area (Å²) in [5, 5.41) is 0.504. The van der Waals surface area contributed by atoms with Gasteiger partial charge in [-0.3, -0.25) is 0 Å². The molecule has 0 spiro atoms. The second-order valence-corrected chi connectivity index (χ2v) is 14.9. The summed E-state index contributed by atoms with van der Waals surface area (Å²) in [6.07, 6.45) is 0. The van der Waals surface area contributed by atoms with Gasteiger partial charge in [0, 0.05) is 33.4 Å². The summed E-state index contributed by atoms with van der Waals surface area (Å²) in [7, 11) is 152. The van der Waals surface area contributed by atoms with Crippen molar-refractivity contribution in [3.63, 3.8) is 0 Å². The number of rotatable bonds is 4. The van der Waals surface area contributed by atoms with Crippen LogP contribution in [0.4, 0.5) is 17.1 Å². The zero-order valence-electron chi connectivity index (χ0n) is 33.2. The molecule has 63 heavy (non-hydrogen) atoms. The SMILES string of the molecule is [B]c1cc([B])c(N(c2c([B])c([B])c([B])c([B])c2[B])c2c([B])c([B])c3c([B])c([B])c4c5c([B])c([B])c([B])c([B])c5c5oc(-c6c([B])c([B])c([B])c([B])c6[B])nc5c4c3c2[B])c([B])c1[B]. The standard InChI is InChI=1S/C37HB23N2O/c38-2-1-3(39)33(28(57)11(2)40)62(35-30(59)26(55)25(54)27(56)31(35)60)34-19(48)6-7-4(12(41)14(43)8(6)15(44)29(34)58)5-9(16(45)21(50)20(49)13(5)42)36-32(7)61-37(63-36)10-17(46)22(51)24(53)23(52)18(10)47/h1H. The maximum Gasteiger partial charge on any atom is 0.226 e. The molecule has 0 saturated heterocycles. The van der Waals surface area contributed by atoms with Gasteiger partial charge in [-0.15, -0.1) is 54.6 Å². The highest BCUT2D eigenvalue weighted by Gasteiger charge is 2.31. The number of hydrogen-bond acceptors (Lipinski definition) is 3. The molecule has 234 valence electrons. The first-order chi connectivity index (χ1) is 29.4. The van der Waals surface area contributed by atoms with Crippen molar-refractivity contribution in [3.05, 3.63) is 6.07 Å². The highest BCUT2D eigenvalue weighted by molar-refractivity contribution is 6.75. The van der Waals surface area contributed by atoms with Crippen molar-refractivity contribution in [1.29, 1.82) is 0 Å². The van der Waals surface area contributed by atoms with Crippen LogP contribution in [0.5, 0.6) is 0 Å². The Morgan fingerprint density at radius 1 is 0.302 bits per heavy atom. The fourth-order valence-corrected chi connectivity index (χ4v) is 8.18. The van der Waals surface area contributed by atoms with Crippen molar-refractivity contribution < 1.29 is 4.42 Å². The molecule has 8 rings (SSSR count). The lowest BCUT2D eigenvalue weighted by Crippen LogP contribution is -2.57. The van der Waals surface area contributed by atoms with Gasteiger partial charge in [-0.2, -0.15) is 0 Å². The van der Waals surface area contributed by atoms with E-state index in [2.05, 4.69) is 0 Å². The number of benzene rings is 7. The zero-order valence-corrected chi connectivity index (χ0v) is 33.2. The molecule has 7 aromatic carbocycles. The first-order valence-corrected chi connectivity index (χ1v) is 18.2. The number of anilines is 3. The number of nitrogens with zero attached hydrogens (tertiary/aromatic N) is 2. The van der Waals surface area contributed by atoms with Crippen molar-refractivity contribution in [2.24, 2.45) is 0 Å². The predicted octanol–water partition coefficient (Wildman–Crippen LogP) is -17.3. The number of oxazole rings is 1. The Hall–Kier alpha value is -3.92.